The Hall–Kier alpha value is -1.63. The zero-order valence-electron chi connectivity index (χ0n) is 12.4. The molecule has 0 aromatic heterocycles. The monoisotopic (exact) mass is 294 g/mol. The molecule has 116 valence electrons. The summed E-state index contributed by atoms with van der Waals surface area (Å²) in [7, 11) is 0. The van der Waals surface area contributed by atoms with Gasteiger partial charge in [0.1, 0.15) is 12.1 Å². The van der Waals surface area contributed by atoms with Crippen molar-refractivity contribution in [1.82, 2.24) is 5.32 Å². The first-order chi connectivity index (χ1) is 9.95. The molecule has 1 saturated heterocycles. The Balaban J connectivity index is 1.86. The summed E-state index contributed by atoms with van der Waals surface area (Å²) in [4.78, 5) is 11.9. The number of carbonyl (C=O) groups excluding carboxylic acids is 1. The number of nitrogens with two attached hydrogens (primary N) is 1. The number of carbonyl (C=O) groups is 1. The quantitative estimate of drug-likeness (QED) is 0.877. The van der Waals surface area contributed by atoms with Crippen LogP contribution in [0.15, 0.2) is 30.3 Å². The van der Waals surface area contributed by atoms with E-state index in [-0.39, 0.29) is 26.4 Å². The highest BCUT2D eigenvalue weighted by Gasteiger charge is 2.40. The summed E-state index contributed by atoms with van der Waals surface area (Å²) >= 11 is 0. The predicted molar refractivity (Wildman–Crippen MR) is 77.5 cm³/mol. The SMILES string of the molecule is CC1(C)OCC(CN)(NC(=O)OCc2ccccc2)CO1. The number of hydrogen-bond acceptors (Lipinski definition) is 5. The number of nitrogens with one attached hydrogen (secondary N) is 1. The molecule has 2 rings (SSSR count). The zero-order valence-corrected chi connectivity index (χ0v) is 12.4. The molecule has 0 atom stereocenters. The van der Waals surface area contributed by atoms with E-state index in [0.717, 1.165) is 5.56 Å². The summed E-state index contributed by atoms with van der Waals surface area (Å²) in [5.41, 5.74) is 5.93. The van der Waals surface area contributed by atoms with Gasteiger partial charge in [-0.3, -0.25) is 0 Å². The van der Waals surface area contributed by atoms with E-state index in [0.29, 0.717) is 0 Å². The van der Waals surface area contributed by atoms with Crippen LogP contribution in [0.4, 0.5) is 4.79 Å². The van der Waals surface area contributed by atoms with Crippen molar-refractivity contribution in [3.8, 4) is 0 Å². The Bertz CT molecular complexity index is 466. The van der Waals surface area contributed by atoms with Gasteiger partial charge >= 0.3 is 6.09 Å². The summed E-state index contributed by atoms with van der Waals surface area (Å²) in [5, 5.41) is 2.75. The Labute approximate surface area is 124 Å². The van der Waals surface area contributed by atoms with Gasteiger partial charge in [0.25, 0.3) is 0 Å². The van der Waals surface area contributed by atoms with Crippen LogP contribution in [0.2, 0.25) is 0 Å². The largest absolute Gasteiger partial charge is 0.445 e. The third-order valence-corrected chi connectivity index (χ3v) is 3.36. The normalized spacial score (nSPS) is 19.8. The molecule has 0 aliphatic carbocycles. The van der Waals surface area contributed by atoms with Crippen LogP contribution in [0.1, 0.15) is 19.4 Å². The molecular weight excluding hydrogens is 272 g/mol. The highest BCUT2D eigenvalue weighted by atomic mass is 16.7. The summed E-state index contributed by atoms with van der Waals surface area (Å²) < 4.78 is 16.3. The van der Waals surface area contributed by atoms with E-state index in [1.165, 1.54) is 0 Å². The maximum Gasteiger partial charge on any atom is 0.408 e. The van der Waals surface area contributed by atoms with Gasteiger partial charge in [0.05, 0.1) is 13.2 Å². The van der Waals surface area contributed by atoms with Crippen molar-refractivity contribution in [3.05, 3.63) is 35.9 Å². The average molecular weight is 294 g/mol. The highest BCUT2D eigenvalue weighted by Crippen LogP contribution is 2.23. The second-order valence-corrected chi connectivity index (χ2v) is 5.65. The fourth-order valence-electron chi connectivity index (χ4n) is 1.92. The molecule has 3 N–H and O–H groups in total. The maximum atomic E-state index is 11.9. The van der Waals surface area contributed by atoms with Crippen molar-refractivity contribution in [2.75, 3.05) is 19.8 Å². The number of amides is 1. The van der Waals surface area contributed by atoms with Gasteiger partial charge in [0.2, 0.25) is 0 Å². The molecule has 0 spiro atoms. The fraction of sp³-hybridized carbons (Fsp3) is 0.533. The van der Waals surface area contributed by atoms with Crippen LogP contribution >= 0.6 is 0 Å². The van der Waals surface area contributed by atoms with Crippen molar-refractivity contribution in [2.24, 2.45) is 5.73 Å². The minimum absolute atomic E-state index is 0.209. The Morgan fingerprint density at radius 2 is 1.90 bits per heavy atom. The lowest BCUT2D eigenvalue weighted by Gasteiger charge is -2.42. The predicted octanol–water partition coefficient (Wildman–Crippen LogP) is 1.39. The van der Waals surface area contributed by atoms with Gasteiger partial charge in [-0.1, -0.05) is 30.3 Å². The number of alkyl carbamates (subject to hydrolysis) is 1. The maximum absolute atomic E-state index is 11.9. The number of ether oxygens (including phenoxy) is 3. The molecule has 1 heterocycles. The lowest BCUT2D eigenvalue weighted by molar-refractivity contribution is -0.268. The first-order valence-corrected chi connectivity index (χ1v) is 6.92. The second-order valence-electron chi connectivity index (χ2n) is 5.65. The molecule has 1 fully saturated rings. The summed E-state index contributed by atoms with van der Waals surface area (Å²) in [6, 6.07) is 9.47. The molecule has 6 heteroatoms. The van der Waals surface area contributed by atoms with Gasteiger partial charge in [0.15, 0.2) is 5.79 Å². The van der Waals surface area contributed by atoms with Crippen LogP contribution in [0.3, 0.4) is 0 Å². The molecule has 0 bridgehead atoms. The van der Waals surface area contributed by atoms with Gasteiger partial charge in [0, 0.05) is 6.54 Å². The van der Waals surface area contributed by atoms with E-state index in [1.807, 2.05) is 44.2 Å². The van der Waals surface area contributed by atoms with Crippen molar-refractivity contribution >= 4 is 6.09 Å². The zero-order chi connectivity index (χ0) is 15.3. The van der Waals surface area contributed by atoms with Crippen LogP contribution in [-0.4, -0.2) is 37.2 Å². The van der Waals surface area contributed by atoms with Crippen molar-refractivity contribution in [3.63, 3.8) is 0 Å². The third kappa shape index (κ3) is 4.42. The molecule has 1 aromatic rings. The van der Waals surface area contributed by atoms with Gasteiger partial charge in [-0.15, -0.1) is 0 Å². The van der Waals surface area contributed by atoms with Crippen LogP contribution in [0.25, 0.3) is 0 Å². The smallest absolute Gasteiger partial charge is 0.408 e. The minimum Gasteiger partial charge on any atom is -0.445 e. The van der Waals surface area contributed by atoms with Gasteiger partial charge in [-0.05, 0) is 19.4 Å². The molecule has 1 amide bonds. The van der Waals surface area contributed by atoms with Gasteiger partial charge in [-0.25, -0.2) is 4.79 Å². The summed E-state index contributed by atoms with van der Waals surface area (Å²) in [6.07, 6.45) is -0.531. The lowest BCUT2D eigenvalue weighted by Crippen LogP contribution is -2.64. The topological polar surface area (TPSA) is 82.8 Å². The van der Waals surface area contributed by atoms with Gasteiger partial charge < -0.3 is 25.3 Å². The average Bonchev–Trinajstić information content (AvgIpc) is 2.49. The molecule has 0 radical (unpaired) electrons. The van der Waals surface area contributed by atoms with E-state index >= 15 is 0 Å². The van der Waals surface area contributed by atoms with Crippen LogP contribution in [0.5, 0.6) is 0 Å². The van der Waals surface area contributed by atoms with Crippen LogP contribution in [0, 0.1) is 0 Å². The molecule has 1 aromatic carbocycles. The van der Waals surface area contributed by atoms with Crippen molar-refractivity contribution < 1.29 is 19.0 Å². The molecule has 0 unspecified atom stereocenters. The number of hydrogen-bond donors (Lipinski definition) is 2. The summed E-state index contributed by atoms with van der Waals surface area (Å²) in [6.45, 7) is 4.64. The van der Waals surface area contributed by atoms with Crippen molar-refractivity contribution in [1.29, 1.82) is 0 Å². The molecule has 0 saturated carbocycles. The van der Waals surface area contributed by atoms with E-state index in [1.54, 1.807) is 0 Å². The second kappa shape index (κ2) is 6.43. The van der Waals surface area contributed by atoms with Crippen LogP contribution in [-0.2, 0) is 20.8 Å². The molecule has 1 aliphatic rings. The fourth-order valence-corrected chi connectivity index (χ4v) is 1.92. The van der Waals surface area contributed by atoms with Gasteiger partial charge in [-0.2, -0.15) is 0 Å². The van der Waals surface area contributed by atoms with E-state index in [2.05, 4.69) is 5.32 Å². The van der Waals surface area contributed by atoms with E-state index < -0.39 is 17.4 Å². The number of benzene rings is 1. The first-order valence-electron chi connectivity index (χ1n) is 6.92. The number of rotatable bonds is 4. The molecule has 6 nitrogen and oxygen atoms in total. The highest BCUT2D eigenvalue weighted by molar-refractivity contribution is 5.68. The molecular formula is C15H22N2O4. The Morgan fingerprint density at radius 3 is 2.48 bits per heavy atom. The standard InChI is InChI=1S/C15H22N2O4/c1-14(2)20-10-15(9-16,11-21-14)17-13(18)19-8-12-6-4-3-5-7-12/h3-7H,8-11,16H2,1-2H3,(H,17,18). The van der Waals surface area contributed by atoms with E-state index in [9.17, 15) is 4.79 Å². The minimum atomic E-state index is -0.747. The Kier molecular flexibility index (Phi) is 4.82. The first kappa shape index (κ1) is 15.8. The third-order valence-electron chi connectivity index (χ3n) is 3.36. The van der Waals surface area contributed by atoms with Crippen LogP contribution < -0.4 is 11.1 Å². The summed E-state index contributed by atoms with van der Waals surface area (Å²) in [5.74, 6) is -0.658. The molecule has 21 heavy (non-hydrogen) atoms. The van der Waals surface area contributed by atoms with Crippen molar-refractivity contribution in [2.45, 2.75) is 31.8 Å². The Morgan fingerprint density at radius 1 is 1.29 bits per heavy atom. The van der Waals surface area contributed by atoms with E-state index in [4.69, 9.17) is 19.9 Å². The lowest BCUT2D eigenvalue weighted by atomic mass is 10.0. The molecule has 1 aliphatic heterocycles.